The van der Waals surface area contributed by atoms with Crippen LogP contribution in [0, 0.1) is 10.1 Å². The molecular weight excluding hydrogens is 234 g/mol. The molecule has 0 radical (unpaired) electrons. The Kier molecular flexibility index (Phi) is 4.21. The highest BCUT2D eigenvalue weighted by molar-refractivity contribution is 6.31. The molecule has 1 amide bonds. The molecule has 0 aliphatic rings. The molecule has 0 bridgehead atoms. The summed E-state index contributed by atoms with van der Waals surface area (Å²) < 4.78 is 0. The van der Waals surface area contributed by atoms with E-state index in [9.17, 15) is 14.9 Å². The van der Waals surface area contributed by atoms with Gasteiger partial charge in [0.1, 0.15) is 5.69 Å². The van der Waals surface area contributed by atoms with Crippen molar-refractivity contribution in [3.63, 3.8) is 0 Å². The van der Waals surface area contributed by atoms with E-state index in [-0.39, 0.29) is 35.3 Å². The van der Waals surface area contributed by atoms with E-state index in [1.807, 2.05) is 0 Å². The highest BCUT2D eigenvalue weighted by Crippen LogP contribution is 2.27. The number of carbonyl (C=O) groups excluding carboxylic acids is 1. The summed E-state index contributed by atoms with van der Waals surface area (Å²) in [6.45, 7) is 0.188. The largest absolute Gasteiger partial charge is 0.330 e. The quantitative estimate of drug-likeness (QED) is 0.619. The van der Waals surface area contributed by atoms with Crippen LogP contribution in [0.3, 0.4) is 0 Å². The number of nitro groups is 1. The van der Waals surface area contributed by atoms with Gasteiger partial charge >= 0.3 is 0 Å². The summed E-state index contributed by atoms with van der Waals surface area (Å²) >= 11 is 5.62. The summed E-state index contributed by atoms with van der Waals surface area (Å²) in [4.78, 5) is 21.3. The van der Waals surface area contributed by atoms with Crippen molar-refractivity contribution >= 4 is 28.9 Å². The van der Waals surface area contributed by atoms with E-state index in [1.54, 1.807) is 0 Å². The molecule has 0 aliphatic carbocycles. The van der Waals surface area contributed by atoms with Crippen LogP contribution in [0.25, 0.3) is 0 Å². The Hall–Kier alpha value is -1.66. The molecule has 1 aromatic carbocycles. The van der Waals surface area contributed by atoms with Crippen LogP contribution >= 0.6 is 11.6 Å². The molecule has 0 atom stereocenters. The molecule has 0 unspecified atom stereocenters. The molecule has 0 fully saturated rings. The Balaban J connectivity index is 2.95. The lowest BCUT2D eigenvalue weighted by atomic mass is 10.2. The number of nitro benzene ring substituents is 1. The van der Waals surface area contributed by atoms with Gasteiger partial charge in [-0.05, 0) is 12.1 Å². The maximum atomic E-state index is 11.2. The molecule has 0 aromatic heterocycles. The molecule has 0 saturated carbocycles. The second-order valence-corrected chi connectivity index (χ2v) is 3.44. The van der Waals surface area contributed by atoms with E-state index in [0.717, 1.165) is 0 Å². The molecular formula is C9H10ClN3O3. The van der Waals surface area contributed by atoms with Crippen molar-refractivity contribution in [1.82, 2.24) is 0 Å². The highest BCUT2D eigenvalue weighted by atomic mass is 35.5. The number of carbonyl (C=O) groups is 1. The fourth-order valence-corrected chi connectivity index (χ4v) is 1.27. The first-order chi connectivity index (χ1) is 7.54. The molecule has 6 nitrogen and oxygen atoms in total. The fourth-order valence-electron chi connectivity index (χ4n) is 1.11. The van der Waals surface area contributed by atoms with Crippen LogP contribution in [-0.2, 0) is 4.79 Å². The van der Waals surface area contributed by atoms with Gasteiger partial charge in [0.15, 0.2) is 0 Å². The maximum absolute atomic E-state index is 11.2. The van der Waals surface area contributed by atoms with Gasteiger partial charge in [0.05, 0.1) is 4.92 Å². The molecule has 86 valence electrons. The minimum atomic E-state index is -0.607. The standard InChI is InChI=1S/C9H10ClN3O3/c10-6-1-2-7(8(5-6)13(15)16)12-9(14)3-4-11/h1-2,5H,3-4,11H2,(H,12,14). The van der Waals surface area contributed by atoms with Gasteiger partial charge in [0, 0.05) is 24.1 Å². The first-order valence-corrected chi connectivity index (χ1v) is 4.86. The number of benzene rings is 1. The molecule has 3 N–H and O–H groups in total. The molecule has 7 heteroatoms. The number of hydrogen-bond donors (Lipinski definition) is 2. The lowest BCUT2D eigenvalue weighted by molar-refractivity contribution is -0.383. The normalized spacial score (nSPS) is 9.88. The monoisotopic (exact) mass is 243 g/mol. The van der Waals surface area contributed by atoms with Gasteiger partial charge in [-0.3, -0.25) is 14.9 Å². The van der Waals surface area contributed by atoms with Crippen LogP contribution in [0.15, 0.2) is 18.2 Å². The summed E-state index contributed by atoms with van der Waals surface area (Å²) in [5.41, 5.74) is 5.07. The third kappa shape index (κ3) is 3.18. The highest BCUT2D eigenvalue weighted by Gasteiger charge is 2.15. The summed E-state index contributed by atoms with van der Waals surface area (Å²) in [6.07, 6.45) is 0.111. The average molecular weight is 244 g/mol. The second kappa shape index (κ2) is 5.43. The van der Waals surface area contributed by atoms with Crippen molar-refractivity contribution in [2.75, 3.05) is 11.9 Å². The van der Waals surface area contributed by atoms with Crippen molar-refractivity contribution in [1.29, 1.82) is 0 Å². The van der Waals surface area contributed by atoms with Crippen molar-refractivity contribution in [3.8, 4) is 0 Å². The van der Waals surface area contributed by atoms with Crippen LogP contribution in [0.1, 0.15) is 6.42 Å². The Bertz CT molecular complexity index is 422. The number of nitrogens with two attached hydrogens (primary N) is 1. The van der Waals surface area contributed by atoms with Gasteiger partial charge < -0.3 is 11.1 Å². The van der Waals surface area contributed by atoms with Crippen LogP contribution in [0.5, 0.6) is 0 Å². The van der Waals surface area contributed by atoms with Gasteiger partial charge in [0.2, 0.25) is 5.91 Å². The fraction of sp³-hybridized carbons (Fsp3) is 0.222. The van der Waals surface area contributed by atoms with Crippen LogP contribution in [0.2, 0.25) is 5.02 Å². The minimum absolute atomic E-state index is 0.111. The third-order valence-electron chi connectivity index (χ3n) is 1.80. The van der Waals surface area contributed by atoms with E-state index >= 15 is 0 Å². The van der Waals surface area contributed by atoms with E-state index < -0.39 is 4.92 Å². The first-order valence-electron chi connectivity index (χ1n) is 4.48. The lowest BCUT2D eigenvalue weighted by Crippen LogP contribution is -2.16. The number of amides is 1. The van der Waals surface area contributed by atoms with Crippen molar-refractivity contribution < 1.29 is 9.72 Å². The summed E-state index contributed by atoms with van der Waals surface area (Å²) in [6, 6.07) is 4.03. The summed E-state index contributed by atoms with van der Waals surface area (Å²) in [5, 5.41) is 13.3. The Morgan fingerprint density at radius 3 is 2.81 bits per heavy atom. The number of anilines is 1. The zero-order chi connectivity index (χ0) is 12.1. The van der Waals surface area contributed by atoms with Gasteiger partial charge in [-0.25, -0.2) is 0 Å². The van der Waals surface area contributed by atoms with Crippen LogP contribution in [0.4, 0.5) is 11.4 Å². The van der Waals surface area contributed by atoms with Gasteiger partial charge in [-0.2, -0.15) is 0 Å². The second-order valence-electron chi connectivity index (χ2n) is 3.01. The molecule has 0 heterocycles. The summed E-state index contributed by atoms with van der Waals surface area (Å²) in [7, 11) is 0. The topological polar surface area (TPSA) is 98.3 Å². The van der Waals surface area contributed by atoms with Crippen molar-refractivity contribution in [2.24, 2.45) is 5.73 Å². The molecule has 1 aromatic rings. The minimum Gasteiger partial charge on any atom is -0.330 e. The molecule has 0 spiro atoms. The smallest absolute Gasteiger partial charge is 0.294 e. The molecule has 0 saturated heterocycles. The number of rotatable bonds is 4. The van der Waals surface area contributed by atoms with E-state index in [2.05, 4.69) is 5.32 Å². The van der Waals surface area contributed by atoms with E-state index in [1.165, 1.54) is 18.2 Å². The predicted molar refractivity (Wildman–Crippen MR) is 60.4 cm³/mol. The van der Waals surface area contributed by atoms with E-state index in [4.69, 9.17) is 17.3 Å². The lowest BCUT2D eigenvalue weighted by Gasteiger charge is -2.05. The molecule has 1 rings (SSSR count). The van der Waals surface area contributed by atoms with Gasteiger partial charge in [-0.15, -0.1) is 0 Å². The van der Waals surface area contributed by atoms with Gasteiger partial charge in [-0.1, -0.05) is 11.6 Å². The number of nitrogens with zero attached hydrogens (tertiary/aromatic N) is 1. The predicted octanol–water partition coefficient (Wildman–Crippen LogP) is 1.54. The Labute approximate surface area is 96.5 Å². The average Bonchev–Trinajstić information content (AvgIpc) is 2.20. The van der Waals surface area contributed by atoms with Crippen molar-refractivity contribution in [3.05, 3.63) is 33.3 Å². The number of hydrogen-bond acceptors (Lipinski definition) is 4. The SMILES string of the molecule is NCCC(=O)Nc1ccc(Cl)cc1[N+](=O)[O-]. The zero-order valence-electron chi connectivity index (χ0n) is 8.27. The number of nitrogens with one attached hydrogen (secondary N) is 1. The zero-order valence-corrected chi connectivity index (χ0v) is 9.03. The number of halogens is 1. The molecule has 16 heavy (non-hydrogen) atoms. The van der Waals surface area contributed by atoms with Crippen LogP contribution < -0.4 is 11.1 Å². The Morgan fingerprint density at radius 2 is 2.25 bits per heavy atom. The molecule has 0 aliphatic heterocycles. The first kappa shape index (κ1) is 12.4. The summed E-state index contributed by atoms with van der Waals surface area (Å²) in [5.74, 6) is -0.368. The van der Waals surface area contributed by atoms with Crippen LogP contribution in [-0.4, -0.2) is 17.4 Å². The van der Waals surface area contributed by atoms with Gasteiger partial charge in [0.25, 0.3) is 5.69 Å². The maximum Gasteiger partial charge on any atom is 0.294 e. The Morgan fingerprint density at radius 1 is 1.56 bits per heavy atom. The third-order valence-corrected chi connectivity index (χ3v) is 2.04. The van der Waals surface area contributed by atoms with Crippen molar-refractivity contribution in [2.45, 2.75) is 6.42 Å². The van der Waals surface area contributed by atoms with E-state index in [0.29, 0.717) is 0 Å².